The zero-order chi connectivity index (χ0) is 13.7. The third-order valence-electron chi connectivity index (χ3n) is 4.60. The number of aromatic nitrogens is 1. The monoisotopic (exact) mass is 274 g/mol. The Hall–Kier alpha value is -1.62. The quantitative estimate of drug-likeness (QED) is 0.883. The molecule has 1 spiro atoms. The van der Waals surface area contributed by atoms with E-state index in [4.69, 9.17) is 4.74 Å². The van der Waals surface area contributed by atoms with Gasteiger partial charge in [-0.1, -0.05) is 0 Å². The Labute approximate surface area is 116 Å². The lowest BCUT2D eigenvalue weighted by Crippen LogP contribution is -2.50. The molecule has 0 bridgehead atoms. The standard InChI is InChI=1S/C15H18N2O3/c18-13-8-11(7-12(16-13)10-1-2-10)14(19)17-5-6-20-9-15(17)3-4-15/h7-8,10H,1-6,9H2,(H,16,18). The molecule has 3 fully saturated rings. The number of amides is 1. The van der Waals surface area contributed by atoms with Gasteiger partial charge in [-0.05, 0) is 37.7 Å². The molecule has 4 rings (SSSR count). The molecule has 106 valence electrons. The van der Waals surface area contributed by atoms with Gasteiger partial charge >= 0.3 is 0 Å². The second-order valence-corrected chi connectivity index (χ2v) is 6.20. The molecule has 1 aliphatic heterocycles. The molecule has 1 amide bonds. The van der Waals surface area contributed by atoms with Crippen LogP contribution in [0.4, 0.5) is 0 Å². The van der Waals surface area contributed by atoms with Gasteiger partial charge < -0.3 is 14.6 Å². The van der Waals surface area contributed by atoms with Crippen LogP contribution in [-0.4, -0.2) is 41.1 Å². The summed E-state index contributed by atoms with van der Waals surface area (Å²) in [4.78, 5) is 29.2. The fourth-order valence-corrected chi connectivity index (χ4v) is 3.07. The van der Waals surface area contributed by atoms with Gasteiger partial charge in [0.05, 0.1) is 18.8 Å². The highest BCUT2D eigenvalue weighted by Gasteiger charge is 2.52. The number of nitrogens with zero attached hydrogens (tertiary/aromatic N) is 1. The molecule has 1 aromatic heterocycles. The maximum absolute atomic E-state index is 12.7. The first-order valence-electron chi connectivity index (χ1n) is 7.32. The van der Waals surface area contributed by atoms with Crippen LogP contribution < -0.4 is 5.56 Å². The van der Waals surface area contributed by atoms with Crippen molar-refractivity contribution in [2.24, 2.45) is 0 Å². The van der Waals surface area contributed by atoms with E-state index in [0.717, 1.165) is 31.4 Å². The van der Waals surface area contributed by atoms with E-state index in [2.05, 4.69) is 4.98 Å². The first-order chi connectivity index (χ1) is 9.68. The van der Waals surface area contributed by atoms with E-state index in [1.165, 1.54) is 6.07 Å². The molecule has 0 unspecified atom stereocenters. The van der Waals surface area contributed by atoms with Crippen molar-refractivity contribution >= 4 is 5.91 Å². The number of aromatic amines is 1. The van der Waals surface area contributed by atoms with Crippen LogP contribution in [0.3, 0.4) is 0 Å². The zero-order valence-corrected chi connectivity index (χ0v) is 11.4. The highest BCUT2D eigenvalue weighted by molar-refractivity contribution is 5.95. The van der Waals surface area contributed by atoms with Gasteiger partial charge in [-0.2, -0.15) is 0 Å². The molecule has 0 atom stereocenters. The number of hydrogen-bond donors (Lipinski definition) is 1. The Balaban J connectivity index is 1.66. The molecule has 5 heteroatoms. The summed E-state index contributed by atoms with van der Waals surface area (Å²) in [6.45, 7) is 1.86. The molecule has 1 aromatic rings. The van der Waals surface area contributed by atoms with E-state index in [1.807, 2.05) is 11.0 Å². The van der Waals surface area contributed by atoms with Crippen LogP contribution in [0.15, 0.2) is 16.9 Å². The van der Waals surface area contributed by atoms with Crippen molar-refractivity contribution in [2.45, 2.75) is 37.1 Å². The first-order valence-corrected chi connectivity index (χ1v) is 7.32. The van der Waals surface area contributed by atoms with Crippen LogP contribution >= 0.6 is 0 Å². The zero-order valence-electron chi connectivity index (χ0n) is 11.4. The summed E-state index contributed by atoms with van der Waals surface area (Å²) in [7, 11) is 0. The van der Waals surface area contributed by atoms with Crippen molar-refractivity contribution in [1.82, 2.24) is 9.88 Å². The minimum Gasteiger partial charge on any atom is -0.377 e. The van der Waals surface area contributed by atoms with Crippen molar-refractivity contribution in [1.29, 1.82) is 0 Å². The molecule has 20 heavy (non-hydrogen) atoms. The summed E-state index contributed by atoms with van der Waals surface area (Å²) in [5.41, 5.74) is 1.19. The molecular formula is C15H18N2O3. The molecule has 3 aliphatic rings. The average molecular weight is 274 g/mol. The van der Waals surface area contributed by atoms with Crippen LogP contribution in [0.1, 0.15) is 47.7 Å². The molecule has 0 aromatic carbocycles. The van der Waals surface area contributed by atoms with Crippen molar-refractivity contribution in [3.63, 3.8) is 0 Å². The molecular weight excluding hydrogens is 256 g/mol. The number of nitrogens with one attached hydrogen (secondary N) is 1. The van der Waals surface area contributed by atoms with E-state index >= 15 is 0 Å². The lowest BCUT2D eigenvalue weighted by atomic mass is 10.1. The normalized spacial score (nSPS) is 23.9. The van der Waals surface area contributed by atoms with Gasteiger partial charge in [0.15, 0.2) is 0 Å². The van der Waals surface area contributed by atoms with Gasteiger partial charge in [0.25, 0.3) is 5.91 Å². The van der Waals surface area contributed by atoms with Gasteiger partial charge in [0.1, 0.15) is 0 Å². The van der Waals surface area contributed by atoms with E-state index < -0.39 is 0 Å². The van der Waals surface area contributed by atoms with Gasteiger partial charge in [0.2, 0.25) is 5.56 Å². The maximum Gasteiger partial charge on any atom is 0.254 e. The maximum atomic E-state index is 12.7. The number of pyridine rings is 1. The van der Waals surface area contributed by atoms with E-state index in [9.17, 15) is 9.59 Å². The molecule has 2 saturated carbocycles. The van der Waals surface area contributed by atoms with Crippen molar-refractivity contribution in [2.75, 3.05) is 19.8 Å². The minimum absolute atomic E-state index is 0.0150. The van der Waals surface area contributed by atoms with Crippen molar-refractivity contribution in [3.05, 3.63) is 33.7 Å². The lowest BCUT2D eigenvalue weighted by Gasteiger charge is -2.36. The molecule has 1 saturated heterocycles. The second kappa shape index (κ2) is 4.19. The lowest BCUT2D eigenvalue weighted by molar-refractivity contribution is -0.0117. The van der Waals surface area contributed by atoms with Crippen LogP contribution in [0.5, 0.6) is 0 Å². The molecule has 0 radical (unpaired) electrons. The van der Waals surface area contributed by atoms with E-state index in [-0.39, 0.29) is 17.0 Å². The predicted octanol–water partition coefficient (Wildman–Crippen LogP) is 1.26. The molecule has 1 N–H and O–H groups in total. The third-order valence-corrected chi connectivity index (χ3v) is 4.60. The molecule has 2 aliphatic carbocycles. The van der Waals surface area contributed by atoms with Gasteiger partial charge in [0, 0.05) is 23.9 Å². The number of hydrogen-bond acceptors (Lipinski definition) is 3. The predicted molar refractivity (Wildman–Crippen MR) is 72.9 cm³/mol. The summed E-state index contributed by atoms with van der Waals surface area (Å²) in [5.74, 6) is 0.425. The Morgan fingerprint density at radius 3 is 2.85 bits per heavy atom. The average Bonchev–Trinajstić information content (AvgIpc) is 3.33. The number of carbonyl (C=O) groups excluding carboxylic acids is 1. The highest BCUT2D eigenvalue weighted by Crippen LogP contribution is 2.44. The summed E-state index contributed by atoms with van der Waals surface area (Å²) in [6.07, 6.45) is 4.24. The topological polar surface area (TPSA) is 62.4 Å². The number of H-pyrrole nitrogens is 1. The number of ether oxygens (including phenoxy) is 1. The van der Waals surface area contributed by atoms with Crippen molar-refractivity contribution in [3.8, 4) is 0 Å². The molecule has 2 heterocycles. The Bertz CT molecular complexity index is 614. The Morgan fingerprint density at radius 2 is 2.15 bits per heavy atom. The van der Waals surface area contributed by atoms with Crippen LogP contribution in [0.2, 0.25) is 0 Å². The fourth-order valence-electron chi connectivity index (χ4n) is 3.07. The summed E-state index contributed by atoms with van der Waals surface area (Å²) in [6, 6.07) is 3.30. The van der Waals surface area contributed by atoms with Crippen LogP contribution in [0, 0.1) is 0 Å². The first kappa shape index (κ1) is 12.1. The van der Waals surface area contributed by atoms with Crippen LogP contribution in [0.25, 0.3) is 0 Å². The number of rotatable bonds is 2. The van der Waals surface area contributed by atoms with Gasteiger partial charge in [-0.15, -0.1) is 0 Å². The van der Waals surface area contributed by atoms with Gasteiger partial charge in [-0.25, -0.2) is 0 Å². The summed E-state index contributed by atoms with van der Waals surface area (Å²) >= 11 is 0. The SMILES string of the molecule is O=C(c1cc(C2CC2)[nH]c(=O)c1)N1CCOCC12CC2. The summed E-state index contributed by atoms with van der Waals surface area (Å²) < 4.78 is 5.50. The van der Waals surface area contributed by atoms with E-state index in [1.54, 1.807) is 0 Å². The Kier molecular flexibility index (Phi) is 2.54. The van der Waals surface area contributed by atoms with E-state index in [0.29, 0.717) is 31.2 Å². The Morgan fingerprint density at radius 1 is 1.35 bits per heavy atom. The van der Waals surface area contributed by atoms with Gasteiger partial charge in [-0.3, -0.25) is 9.59 Å². The number of carbonyl (C=O) groups is 1. The molecule has 5 nitrogen and oxygen atoms in total. The highest BCUT2D eigenvalue weighted by atomic mass is 16.5. The summed E-state index contributed by atoms with van der Waals surface area (Å²) in [5, 5.41) is 0. The smallest absolute Gasteiger partial charge is 0.254 e. The fraction of sp³-hybridized carbons (Fsp3) is 0.600. The largest absolute Gasteiger partial charge is 0.377 e. The van der Waals surface area contributed by atoms with Crippen molar-refractivity contribution < 1.29 is 9.53 Å². The second-order valence-electron chi connectivity index (χ2n) is 6.20. The third kappa shape index (κ3) is 1.97. The van der Waals surface area contributed by atoms with Crippen LogP contribution in [-0.2, 0) is 4.74 Å². The number of morpholine rings is 1. The minimum atomic E-state index is -0.171.